The van der Waals surface area contributed by atoms with Crippen LogP contribution in [0.5, 0.6) is 0 Å². The third kappa shape index (κ3) is 4.09. The molecule has 2 aromatic rings. The predicted octanol–water partition coefficient (Wildman–Crippen LogP) is 2.63. The molecule has 140 valence electrons. The number of imide groups is 1. The average molecular weight is 377 g/mol. The summed E-state index contributed by atoms with van der Waals surface area (Å²) in [5, 5.41) is 13.7. The van der Waals surface area contributed by atoms with E-state index in [1.54, 1.807) is 13.2 Å². The molecule has 1 fully saturated rings. The van der Waals surface area contributed by atoms with E-state index in [9.17, 15) is 9.59 Å². The first-order valence-electron chi connectivity index (χ1n) is 8.67. The maximum atomic E-state index is 12.3. The molecule has 1 saturated carbocycles. The zero-order chi connectivity index (χ0) is 18.7. The summed E-state index contributed by atoms with van der Waals surface area (Å²) >= 11 is 1.25. The number of nitrogens with zero attached hydrogens (tertiary/aromatic N) is 3. The number of nitrogens with one attached hydrogen (secondary N) is 2. The second-order valence-corrected chi connectivity index (χ2v) is 7.77. The minimum Gasteiger partial charge on any atom is -0.469 e. The second kappa shape index (κ2) is 7.94. The van der Waals surface area contributed by atoms with E-state index < -0.39 is 11.3 Å². The van der Waals surface area contributed by atoms with Gasteiger partial charge < -0.3 is 14.3 Å². The number of carbonyl (C=O) groups is 2. The minimum atomic E-state index is -0.481. The van der Waals surface area contributed by atoms with Crippen molar-refractivity contribution < 1.29 is 14.0 Å². The van der Waals surface area contributed by atoms with Crippen molar-refractivity contribution in [3.05, 3.63) is 18.1 Å². The SMILES string of the molecule is Cc1occc1-c1nnc(S[C@H](C)C(=O)NC(=O)NC2CCCC2)n1C. The predicted molar refractivity (Wildman–Crippen MR) is 97.7 cm³/mol. The van der Waals surface area contributed by atoms with E-state index in [4.69, 9.17) is 4.42 Å². The van der Waals surface area contributed by atoms with E-state index in [1.807, 2.05) is 24.6 Å². The van der Waals surface area contributed by atoms with Gasteiger partial charge in [0.1, 0.15) is 5.76 Å². The van der Waals surface area contributed by atoms with E-state index in [2.05, 4.69) is 20.8 Å². The molecule has 0 bridgehead atoms. The molecule has 1 atom stereocenters. The molecule has 2 heterocycles. The first-order chi connectivity index (χ1) is 12.5. The summed E-state index contributed by atoms with van der Waals surface area (Å²) in [6.07, 6.45) is 5.79. The van der Waals surface area contributed by atoms with Crippen LogP contribution >= 0.6 is 11.8 Å². The zero-order valence-electron chi connectivity index (χ0n) is 15.1. The van der Waals surface area contributed by atoms with Gasteiger partial charge in [0.2, 0.25) is 5.91 Å². The summed E-state index contributed by atoms with van der Waals surface area (Å²) in [6, 6.07) is 1.57. The van der Waals surface area contributed by atoms with Gasteiger partial charge >= 0.3 is 6.03 Å². The van der Waals surface area contributed by atoms with Crippen LogP contribution in [0.4, 0.5) is 4.79 Å². The largest absolute Gasteiger partial charge is 0.469 e. The van der Waals surface area contributed by atoms with Gasteiger partial charge in [-0.2, -0.15) is 0 Å². The highest BCUT2D eigenvalue weighted by molar-refractivity contribution is 8.00. The first kappa shape index (κ1) is 18.5. The quantitative estimate of drug-likeness (QED) is 0.777. The maximum Gasteiger partial charge on any atom is 0.321 e. The van der Waals surface area contributed by atoms with Gasteiger partial charge in [0.25, 0.3) is 0 Å². The summed E-state index contributed by atoms with van der Waals surface area (Å²) in [7, 11) is 1.83. The van der Waals surface area contributed by atoms with Gasteiger partial charge in [-0.25, -0.2) is 4.79 Å². The number of thioether (sulfide) groups is 1. The van der Waals surface area contributed by atoms with Gasteiger partial charge in [-0.1, -0.05) is 24.6 Å². The van der Waals surface area contributed by atoms with Crippen LogP contribution in [0.15, 0.2) is 21.9 Å². The van der Waals surface area contributed by atoms with Crippen LogP contribution in [0.1, 0.15) is 38.4 Å². The molecular formula is C17H23N5O3S. The van der Waals surface area contributed by atoms with Crippen LogP contribution in [-0.2, 0) is 11.8 Å². The molecule has 26 heavy (non-hydrogen) atoms. The molecule has 9 heteroatoms. The molecule has 8 nitrogen and oxygen atoms in total. The van der Waals surface area contributed by atoms with Gasteiger partial charge in [-0.15, -0.1) is 10.2 Å². The molecule has 3 rings (SSSR count). The van der Waals surface area contributed by atoms with Crippen LogP contribution in [-0.4, -0.2) is 38.0 Å². The number of aromatic nitrogens is 3. The molecule has 3 amide bonds. The standard InChI is InChI=1S/C17H23N5O3S/c1-10-13(8-9-25-10)14-20-21-17(22(14)3)26-11(2)15(23)19-16(24)18-12-6-4-5-7-12/h8-9,11-12H,4-7H2,1-3H3,(H2,18,19,23,24)/t11-/m1/s1. The minimum absolute atomic E-state index is 0.172. The lowest BCUT2D eigenvalue weighted by molar-refractivity contribution is -0.119. The molecule has 0 radical (unpaired) electrons. The molecule has 1 aliphatic carbocycles. The van der Waals surface area contributed by atoms with Crippen molar-refractivity contribution in [3.63, 3.8) is 0 Å². The second-order valence-electron chi connectivity index (χ2n) is 6.46. The van der Waals surface area contributed by atoms with E-state index in [0.29, 0.717) is 11.0 Å². The number of urea groups is 1. The van der Waals surface area contributed by atoms with Crippen LogP contribution in [0.25, 0.3) is 11.4 Å². The molecule has 1 aliphatic rings. The van der Waals surface area contributed by atoms with E-state index >= 15 is 0 Å². The van der Waals surface area contributed by atoms with Crippen molar-refractivity contribution in [1.29, 1.82) is 0 Å². The summed E-state index contributed by atoms with van der Waals surface area (Å²) in [5.41, 5.74) is 0.861. The molecule has 0 unspecified atom stereocenters. The van der Waals surface area contributed by atoms with Crippen LogP contribution in [0, 0.1) is 6.92 Å². The normalized spacial score (nSPS) is 15.8. The lowest BCUT2D eigenvalue weighted by Gasteiger charge is -2.14. The molecular weight excluding hydrogens is 354 g/mol. The molecule has 0 aromatic carbocycles. The van der Waals surface area contributed by atoms with Gasteiger partial charge in [0.05, 0.1) is 17.1 Å². The van der Waals surface area contributed by atoms with Gasteiger partial charge in [-0.05, 0) is 32.8 Å². The third-order valence-corrected chi connectivity index (χ3v) is 5.65. The monoisotopic (exact) mass is 377 g/mol. The molecule has 2 aromatic heterocycles. The Morgan fingerprint density at radius 1 is 1.35 bits per heavy atom. The molecule has 2 N–H and O–H groups in total. The smallest absolute Gasteiger partial charge is 0.321 e. The Balaban J connectivity index is 1.58. The third-order valence-electron chi connectivity index (χ3n) is 4.51. The molecule has 0 spiro atoms. The van der Waals surface area contributed by atoms with Gasteiger partial charge in [-0.3, -0.25) is 10.1 Å². The van der Waals surface area contributed by atoms with Crippen molar-refractivity contribution in [2.75, 3.05) is 0 Å². The maximum absolute atomic E-state index is 12.3. The molecule has 0 aliphatic heterocycles. The van der Waals surface area contributed by atoms with E-state index in [1.165, 1.54) is 11.8 Å². The van der Waals surface area contributed by atoms with Gasteiger partial charge in [0, 0.05) is 13.1 Å². The first-order valence-corrected chi connectivity index (χ1v) is 9.55. The lowest BCUT2D eigenvalue weighted by Crippen LogP contribution is -2.45. The highest BCUT2D eigenvalue weighted by atomic mass is 32.2. The number of carbonyl (C=O) groups excluding carboxylic acids is 2. The van der Waals surface area contributed by atoms with Crippen molar-refractivity contribution in [1.82, 2.24) is 25.4 Å². The van der Waals surface area contributed by atoms with Crippen molar-refractivity contribution in [2.45, 2.75) is 56.0 Å². The summed E-state index contributed by atoms with van der Waals surface area (Å²) < 4.78 is 7.11. The number of hydrogen-bond acceptors (Lipinski definition) is 6. The Kier molecular flexibility index (Phi) is 5.65. The Hall–Kier alpha value is -2.29. The fraction of sp³-hybridized carbons (Fsp3) is 0.529. The van der Waals surface area contributed by atoms with Crippen molar-refractivity contribution in [2.24, 2.45) is 7.05 Å². The lowest BCUT2D eigenvalue weighted by atomic mass is 10.2. The Labute approximate surface area is 156 Å². The van der Waals surface area contributed by atoms with Crippen LogP contribution < -0.4 is 10.6 Å². The topological polar surface area (TPSA) is 102 Å². The van der Waals surface area contributed by atoms with Crippen molar-refractivity contribution in [3.8, 4) is 11.4 Å². The number of aryl methyl sites for hydroxylation is 1. The molecule has 0 saturated heterocycles. The zero-order valence-corrected chi connectivity index (χ0v) is 15.9. The fourth-order valence-electron chi connectivity index (χ4n) is 2.99. The Morgan fingerprint density at radius 3 is 2.73 bits per heavy atom. The van der Waals surface area contributed by atoms with Gasteiger partial charge in [0.15, 0.2) is 11.0 Å². The highest BCUT2D eigenvalue weighted by Gasteiger charge is 2.23. The summed E-state index contributed by atoms with van der Waals surface area (Å²) in [5.74, 6) is 1.08. The fourth-order valence-corrected chi connectivity index (χ4v) is 3.80. The summed E-state index contributed by atoms with van der Waals surface area (Å²) in [6.45, 7) is 3.59. The van der Waals surface area contributed by atoms with E-state index in [-0.39, 0.29) is 11.9 Å². The number of hydrogen-bond donors (Lipinski definition) is 2. The van der Waals surface area contributed by atoms with Crippen molar-refractivity contribution >= 4 is 23.7 Å². The number of amides is 3. The van der Waals surface area contributed by atoms with E-state index in [0.717, 1.165) is 37.0 Å². The van der Waals surface area contributed by atoms with Crippen LogP contribution in [0.2, 0.25) is 0 Å². The number of rotatable bonds is 5. The Morgan fingerprint density at radius 2 is 2.08 bits per heavy atom. The Bertz CT molecular complexity index is 794. The highest BCUT2D eigenvalue weighted by Crippen LogP contribution is 2.27. The number of furan rings is 1. The summed E-state index contributed by atoms with van der Waals surface area (Å²) in [4.78, 5) is 24.2. The van der Waals surface area contributed by atoms with Crippen LogP contribution in [0.3, 0.4) is 0 Å². The average Bonchev–Trinajstić information content (AvgIpc) is 3.31.